The van der Waals surface area contributed by atoms with Crippen LogP contribution in [0.2, 0.25) is 0 Å². The zero-order valence-electron chi connectivity index (χ0n) is 26.7. The second kappa shape index (κ2) is 15.0. The number of nitrogens with one attached hydrogen (secondary N) is 1. The summed E-state index contributed by atoms with van der Waals surface area (Å²) in [5.41, 5.74) is 5.02. The van der Waals surface area contributed by atoms with Gasteiger partial charge in [0.15, 0.2) is 0 Å². The van der Waals surface area contributed by atoms with Gasteiger partial charge in [-0.1, -0.05) is 102 Å². The predicted octanol–water partition coefficient (Wildman–Crippen LogP) is 6.36. The van der Waals surface area contributed by atoms with Crippen LogP contribution >= 0.6 is 0 Å². The Balaban J connectivity index is 1.80. The smallest absolute Gasteiger partial charge is 0.264 e. The number of hydrogen-bond donors (Lipinski definition) is 1. The zero-order chi connectivity index (χ0) is 32.6. The lowest BCUT2D eigenvalue weighted by molar-refractivity contribution is -0.140. The van der Waals surface area contributed by atoms with Crippen LogP contribution in [0.1, 0.15) is 48.1 Å². The molecule has 0 fully saturated rings. The second-order valence-electron chi connectivity index (χ2n) is 11.7. The molecule has 4 rings (SSSR count). The summed E-state index contributed by atoms with van der Waals surface area (Å²) >= 11 is 0. The summed E-state index contributed by atoms with van der Waals surface area (Å²) in [6, 6.07) is 30.0. The minimum Gasteiger partial charge on any atom is -0.352 e. The Kier molecular flexibility index (Phi) is 11.2. The van der Waals surface area contributed by atoms with Crippen molar-refractivity contribution in [1.82, 2.24) is 10.2 Å². The Morgan fingerprint density at radius 2 is 1.36 bits per heavy atom. The number of hydrogen-bond acceptors (Lipinski definition) is 4. The molecule has 0 saturated carbocycles. The maximum atomic E-state index is 14.5. The molecule has 0 radical (unpaired) electrons. The number of carbonyl (C=O) groups is 2. The van der Waals surface area contributed by atoms with E-state index in [0.717, 1.165) is 38.5 Å². The van der Waals surface area contributed by atoms with Gasteiger partial charge < -0.3 is 10.2 Å². The molecular formula is C37H43N3O4S. The first-order valence-electron chi connectivity index (χ1n) is 15.3. The summed E-state index contributed by atoms with van der Waals surface area (Å²) in [4.78, 5) is 30.1. The van der Waals surface area contributed by atoms with Crippen LogP contribution < -0.4 is 9.62 Å². The summed E-state index contributed by atoms with van der Waals surface area (Å²) in [6.07, 6.45) is 1.00. The standard InChI is InChI=1S/C37H43N3O4S/c1-6-30(5)38-37(42)35(24-31-12-8-7-9-13-31)39(25-32-14-10-11-29(4)23-32)36(41)26-40(33-19-15-27(2)16-20-33)45(43,44)34-21-17-28(3)18-22-34/h7-23,30,35H,6,24-26H2,1-5H3,(H,38,42)/t30-,35-/m1/s1. The molecule has 0 aliphatic carbocycles. The minimum absolute atomic E-state index is 0.0852. The molecule has 0 unspecified atom stereocenters. The summed E-state index contributed by atoms with van der Waals surface area (Å²) in [5.74, 6) is -0.759. The largest absolute Gasteiger partial charge is 0.352 e. The number of carbonyl (C=O) groups excluding carboxylic acids is 2. The van der Waals surface area contributed by atoms with E-state index in [1.54, 1.807) is 36.4 Å². The highest BCUT2D eigenvalue weighted by molar-refractivity contribution is 7.92. The van der Waals surface area contributed by atoms with E-state index in [4.69, 9.17) is 0 Å². The van der Waals surface area contributed by atoms with Crippen molar-refractivity contribution in [3.63, 3.8) is 0 Å². The van der Waals surface area contributed by atoms with Crippen molar-refractivity contribution in [3.05, 3.63) is 131 Å². The molecule has 2 amide bonds. The molecule has 0 aliphatic heterocycles. The maximum Gasteiger partial charge on any atom is 0.264 e. The van der Waals surface area contributed by atoms with Gasteiger partial charge in [0.2, 0.25) is 11.8 Å². The maximum absolute atomic E-state index is 14.5. The number of anilines is 1. The lowest BCUT2D eigenvalue weighted by Gasteiger charge is -2.34. The molecule has 0 aliphatic rings. The van der Waals surface area contributed by atoms with E-state index in [2.05, 4.69) is 5.32 Å². The van der Waals surface area contributed by atoms with E-state index in [9.17, 15) is 18.0 Å². The van der Waals surface area contributed by atoms with E-state index in [1.807, 2.05) is 101 Å². The molecule has 236 valence electrons. The summed E-state index contributed by atoms with van der Waals surface area (Å²) in [7, 11) is -4.13. The molecule has 4 aromatic rings. The molecule has 0 bridgehead atoms. The van der Waals surface area contributed by atoms with Gasteiger partial charge in [-0.2, -0.15) is 0 Å². The Hall–Kier alpha value is -4.43. The zero-order valence-corrected chi connectivity index (χ0v) is 27.6. The van der Waals surface area contributed by atoms with Gasteiger partial charge >= 0.3 is 0 Å². The normalized spacial score (nSPS) is 12.6. The Morgan fingerprint density at radius 3 is 1.96 bits per heavy atom. The number of aryl methyl sites for hydroxylation is 3. The Morgan fingerprint density at radius 1 is 0.756 bits per heavy atom. The van der Waals surface area contributed by atoms with Crippen LogP contribution in [-0.4, -0.2) is 43.8 Å². The minimum atomic E-state index is -4.13. The Bertz CT molecular complexity index is 1690. The van der Waals surface area contributed by atoms with Crippen molar-refractivity contribution in [2.75, 3.05) is 10.8 Å². The van der Waals surface area contributed by atoms with Gasteiger partial charge in [0.25, 0.3) is 10.0 Å². The predicted molar refractivity (Wildman–Crippen MR) is 180 cm³/mol. The molecule has 1 N–H and O–H groups in total. The number of sulfonamides is 1. The van der Waals surface area contributed by atoms with Crippen LogP contribution in [0.15, 0.2) is 108 Å². The second-order valence-corrected chi connectivity index (χ2v) is 13.6. The summed E-state index contributed by atoms with van der Waals surface area (Å²) in [5, 5.41) is 3.07. The molecule has 0 aromatic heterocycles. The van der Waals surface area contributed by atoms with Gasteiger partial charge in [-0.05, 0) is 69.5 Å². The van der Waals surface area contributed by atoms with E-state index in [0.29, 0.717) is 5.69 Å². The fourth-order valence-electron chi connectivity index (χ4n) is 5.08. The SMILES string of the molecule is CC[C@@H](C)NC(=O)[C@@H](Cc1ccccc1)N(Cc1cccc(C)c1)C(=O)CN(c1ccc(C)cc1)S(=O)(=O)c1ccc(C)cc1. The number of nitrogens with zero attached hydrogens (tertiary/aromatic N) is 2. The van der Waals surface area contributed by atoms with Gasteiger partial charge in [0, 0.05) is 19.0 Å². The Labute approximate surface area is 268 Å². The number of rotatable bonds is 13. The molecule has 0 heterocycles. The first-order valence-corrected chi connectivity index (χ1v) is 16.8. The third-order valence-corrected chi connectivity index (χ3v) is 9.71. The third kappa shape index (κ3) is 8.82. The first-order chi connectivity index (χ1) is 21.5. The van der Waals surface area contributed by atoms with Crippen LogP contribution in [0, 0.1) is 20.8 Å². The molecule has 0 saturated heterocycles. The van der Waals surface area contributed by atoms with Gasteiger partial charge in [0.1, 0.15) is 12.6 Å². The van der Waals surface area contributed by atoms with Crippen molar-refractivity contribution in [3.8, 4) is 0 Å². The van der Waals surface area contributed by atoms with Crippen molar-refractivity contribution < 1.29 is 18.0 Å². The molecular weight excluding hydrogens is 582 g/mol. The van der Waals surface area contributed by atoms with E-state index < -0.39 is 28.5 Å². The van der Waals surface area contributed by atoms with E-state index in [1.165, 1.54) is 4.90 Å². The van der Waals surface area contributed by atoms with Crippen LogP contribution in [0.4, 0.5) is 5.69 Å². The molecule has 7 nitrogen and oxygen atoms in total. The molecule has 8 heteroatoms. The first kappa shape index (κ1) is 33.5. The molecule has 4 aromatic carbocycles. The van der Waals surface area contributed by atoms with Gasteiger partial charge in [-0.3, -0.25) is 13.9 Å². The van der Waals surface area contributed by atoms with Crippen LogP contribution in [0.5, 0.6) is 0 Å². The van der Waals surface area contributed by atoms with Crippen LogP contribution in [-0.2, 0) is 32.6 Å². The van der Waals surface area contributed by atoms with Crippen molar-refractivity contribution >= 4 is 27.5 Å². The highest BCUT2D eigenvalue weighted by atomic mass is 32.2. The molecule has 0 spiro atoms. The monoisotopic (exact) mass is 625 g/mol. The number of benzene rings is 4. The fraction of sp³-hybridized carbons (Fsp3) is 0.297. The lowest BCUT2D eigenvalue weighted by Crippen LogP contribution is -2.54. The fourth-order valence-corrected chi connectivity index (χ4v) is 6.49. The van der Waals surface area contributed by atoms with Gasteiger partial charge in [-0.25, -0.2) is 8.42 Å². The molecule has 2 atom stereocenters. The van der Waals surface area contributed by atoms with Gasteiger partial charge in [-0.15, -0.1) is 0 Å². The van der Waals surface area contributed by atoms with Crippen molar-refractivity contribution in [2.24, 2.45) is 0 Å². The quantitative estimate of drug-likeness (QED) is 0.187. The highest BCUT2D eigenvalue weighted by Crippen LogP contribution is 2.26. The topological polar surface area (TPSA) is 86.8 Å². The lowest BCUT2D eigenvalue weighted by atomic mass is 10.0. The highest BCUT2D eigenvalue weighted by Gasteiger charge is 2.35. The average molecular weight is 626 g/mol. The van der Waals surface area contributed by atoms with E-state index in [-0.39, 0.29) is 29.8 Å². The number of amides is 2. The van der Waals surface area contributed by atoms with Crippen molar-refractivity contribution in [2.45, 2.75) is 71.0 Å². The van der Waals surface area contributed by atoms with E-state index >= 15 is 0 Å². The van der Waals surface area contributed by atoms with Crippen LogP contribution in [0.3, 0.4) is 0 Å². The summed E-state index contributed by atoms with van der Waals surface area (Å²) < 4.78 is 29.4. The van der Waals surface area contributed by atoms with Crippen molar-refractivity contribution in [1.29, 1.82) is 0 Å². The average Bonchev–Trinajstić information content (AvgIpc) is 3.02. The molecule has 45 heavy (non-hydrogen) atoms. The van der Waals surface area contributed by atoms with Crippen LogP contribution in [0.25, 0.3) is 0 Å². The van der Waals surface area contributed by atoms with Gasteiger partial charge in [0.05, 0.1) is 10.6 Å². The summed E-state index contributed by atoms with van der Waals surface area (Å²) in [6.45, 7) is 9.35. The third-order valence-electron chi connectivity index (χ3n) is 7.92.